The normalized spacial score (nSPS) is 17.4. The molecule has 0 atom stereocenters. The van der Waals surface area contributed by atoms with Gasteiger partial charge in [-0.25, -0.2) is 18.2 Å². The Morgan fingerprint density at radius 2 is 1.64 bits per heavy atom. The van der Waals surface area contributed by atoms with Gasteiger partial charge in [0.1, 0.15) is 23.3 Å². The lowest BCUT2D eigenvalue weighted by atomic mass is 10.0. The molecule has 2 fully saturated rings. The summed E-state index contributed by atoms with van der Waals surface area (Å²) in [5.74, 6) is -1.37. The van der Waals surface area contributed by atoms with Crippen molar-refractivity contribution >= 4 is 23.3 Å². The van der Waals surface area contributed by atoms with Crippen LogP contribution in [0.5, 0.6) is 0 Å². The van der Waals surface area contributed by atoms with E-state index >= 15 is 0 Å². The van der Waals surface area contributed by atoms with Crippen LogP contribution < -0.4 is 10.2 Å². The first kappa shape index (κ1) is 27.4. The molecule has 0 bridgehead atoms. The summed E-state index contributed by atoms with van der Waals surface area (Å²) >= 11 is 6.52. The van der Waals surface area contributed by atoms with E-state index in [2.05, 4.69) is 25.0 Å². The monoisotopic (exact) mass is 559 g/mol. The smallest absolute Gasteiger partial charge is 0.253 e. The number of nitrogens with one attached hydrogen (secondary N) is 1. The molecule has 39 heavy (non-hydrogen) atoms. The van der Waals surface area contributed by atoms with Crippen LogP contribution in [0.1, 0.15) is 35.8 Å². The molecule has 3 heterocycles. The van der Waals surface area contributed by atoms with Crippen molar-refractivity contribution in [1.82, 2.24) is 20.1 Å². The number of halogens is 4. The zero-order valence-corrected chi connectivity index (χ0v) is 22.3. The predicted octanol–water partition coefficient (Wildman–Crippen LogP) is 5.11. The molecule has 1 N–H and O–H groups in total. The van der Waals surface area contributed by atoms with Crippen LogP contribution in [0.4, 0.5) is 19.0 Å². The Balaban J connectivity index is 0.00000370. The van der Waals surface area contributed by atoms with E-state index in [-0.39, 0.29) is 24.9 Å². The highest BCUT2D eigenvalue weighted by atomic mass is 35.5. The van der Waals surface area contributed by atoms with E-state index in [1.807, 2.05) is 12.1 Å². The van der Waals surface area contributed by atoms with Crippen molar-refractivity contribution in [3.8, 4) is 0 Å². The van der Waals surface area contributed by atoms with Crippen LogP contribution in [0, 0.1) is 17.5 Å². The van der Waals surface area contributed by atoms with E-state index in [4.69, 9.17) is 11.6 Å². The third kappa shape index (κ3) is 6.90. The summed E-state index contributed by atoms with van der Waals surface area (Å²) < 4.78 is 40.1. The maximum absolute atomic E-state index is 13.8. The number of rotatable bonds is 7. The van der Waals surface area contributed by atoms with E-state index < -0.39 is 17.5 Å². The molecule has 5 rings (SSSR count). The summed E-state index contributed by atoms with van der Waals surface area (Å²) in [5, 5.41) is 3.01. The van der Waals surface area contributed by atoms with E-state index in [0.29, 0.717) is 16.9 Å². The van der Waals surface area contributed by atoms with Gasteiger partial charge in [0.15, 0.2) is 0 Å². The van der Waals surface area contributed by atoms with Gasteiger partial charge in [-0.05, 0) is 55.8 Å². The number of carbonyl (C=O) groups excluding carboxylic acids is 1. The summed E-state index contributed by atoms with van der Waals surface area (Å²) in [6.45, 7) is 6.22. The highest BCUT2D eigenvalue weighted by Gasteiger charge is 2.28. The highest BCUT2D eigenvalue weighted by Crippen LogP contribution is 2.27. The molecule has 0 radical (unpaired) electrons. The molecule has 2 saturated heterocycles. The van der Waals surface area contributed by atoms with Crippen LogP contribution in [0.25, 0.3) is 0 Å². The molecule has 3 aromatic rings. The molecular weight excluding hydrogens is 527 g/mol. The number of aromatic nitrogens is 1. The van der Waals surface area contributed by atoms with Gasteiger partial charge >= 0.3 is 0 Å². The molecule has 2 aliphatic heterocycles. The predicted molar refractivity (Wildman–Crippen MR) is 147 cm³/mol. The number of carbonyl (C=O) groups is 1. The first-order chi connectivity index (χ1) is 18.9. The Morgan fingerprint density at radius 3 is 2.31 bits per heavy atom. The van der Waals surface area contributed by atoms with Crippen LogP contribution in [-0.2, 0) is 13.1 Å². The van der Waals surface area contributed by atoms with Crippen LogP contribution in [0.15, 0.2) is 54.7 Å². The van der Waals surface area contributed by atoms with Gasteiger partial charge < -0.3 is 10.2 Å². The van der Waals surface area contributed by atoms with Crippen LogP contribution >= 0.6 is 11.6 Å². The summed E-state index contributed by atoms with van der Waals surface area (Å²) in [4.78, 5) is 24.1. The fraction of sp³-hybridized carbons (Fsp3) is 0.379. The fourth-order valence-corrected chi connectivity index (χ4v) is 5.61. The molecule has 2 aliphatic rings. The number of amides is 1. The first-order valence-corrected chi connectivity index (χ1v) is 13.6. The summed E-state index contributed by atoms with van der Waals surface area (Å²) in [6.07, 6.45) is 3.68. The number of piperazine rings is 1. The van der Waals surface area contributed by atoms with E-state index in [0.717, 1.165) is 76.4 Å². The second-order valence-corrected chi connectivity index (χ2v) is 10.5. The standard InChI is InChI=1S/C29H31ClF3N5O.H2/c30-26-15-22(29(39)35-17-21-3-6-24(32)16-27(21)33)18-34-28(26)38-13-11-37(12-14-38)25-7-9-36(10-8-25)19-20-1-4-23(31)5-2-20;/h1-6,15-16,18,25H,7-14,17,19H2,(H,35,39);1H. The number of hydrogen-bond donors (Lipinski definition) is 1. The maximum atomic E-state index is 13.8. The number of piperidine rings is 1. The lowest BCUT2D eigenvalue weighted by Crippen LogP contribution is -2.53. The zero-order chi connectivity index (χ0) is 27.4. The largest absolute Gasteiger partial charge is 0.353 e. The lowest BCUT2D eigenvalue weighted by molar-refractivity contribution is 0.0950. The average molecular weight is 560 g/mol. The molecule has 2 aromatic carbocycles. The van der Waals surface area contributed by atoms with Crippen molar-refractivity contribution in [3.05, 3.63) is 93.9 Å². The minimum atomic E-state index is -0.712. The third-order valence-electron chi connectivity index (χ3n) is 7.55. The van der Waals surface area contributed by atoms with E-state index in [1.54, 1.807) is 6.07 Å². The van der Waals surface area contributed by atoms with E-state index in [9.17, 15) is 18.0 Å². The number of pyridine rings is 1. The summed E-state index contributed by atoms with van der Waals surface area (Å²) in [6, 6.07) is 12.1. The summed E-state index contributed by atoms with van der Waals surface area (Å²) in [5.41, 5.74) is 1.60. The van der Waals surface area contributed by atoms with Gasteiger partial charge in [0.2, 0.25) is 0 Å². The average Bonchev–Trinajstić information content (AvgIpc) is 2.94. The molecular formula is C29H33ClF3N5O. The second-order valence-electron chi connectivity index (χ2n) is 10.1. The number of likely N-dealkylation sites (tertiary alicyclic amines) is 1. The van der Waals surface area contributed by atoms with E-state index in [1.165, 1.54) is 24.4 Å². The van der Waals surface area contributed by atoms with Gasteiger partial charge in [0, 0.05) is 64.6 Å². The van der Waals surface area contributed by atoms with Crippen molar-refractivity contribution in [3.63, 3.8) is 0 Å². The number of hydrogen-bond acceptors (Lipinski definition) is 5. The van der Waals surface area contributed by atoms with Crippen molar-refractivity contribution in [2.24, 2.45) is 0 Å². The molecule has 0 aliphatic carbocycles. The van der Waals surface area contributed by atoms with Crippen LogP contribution in [-0.4, -0.2) is 66.0 Å². The van der Waals surface area contributed by atoms with Gasteiger partial charge in [-0.15, -0.1) is 0 Å². The summed E-state index contributed by atoms with van der Waals surface area (Å²) in [7, 11) is 0. The first-order valence-electron chi connectivity index (χ1n) is 13.2. The third-order valence-corrected chi connectivity index (χ3v) is 7.82. The van der Waals surface area contributed by atoms with Crippen molar-refractivity contribution in [2.75, 3.05) is 44.2 Å². The van der Waals surface area contributed by atoms with Crippen molar-refractivity contribution in [1.29, 1.82) is 0 Å². The number of benzene rings is 2. The van der Waals surface area contributed by atoms with Crippen molar-refractivity contribution in [2.45, 2.75) is 32.0 Å². The fourth-order valence-electron chi connectivity index (χ4n) is 5.32. The topological polar surface area (TPSA) is 51.7 Å². The Kier molecular flexibility index (Phi) is 8.69. The lowest BCUT2D eigenvalue weighted by Gasteiger charge is -2.43. The molecule has 0 spiro atoms. The molecule has 0 unspecified atom stereocenters. The Bertz CT molecular complexity index is 1300. The molecule has 6 nitrogen and oxygen atoms in total. The van der Waals surface area contributed by atoms with Crippen LogP contribution in [0.3, 0.4) is 0 Å². The highest BCUT2D eigenvalue weighted by molar-refractivity contribution is 6.33. The number of anilines is 1. The second kappa shape index (κ2) is 12.4. The Morgan fingerprint density at radius 1 is 0.949 bits per heavy atom. The molecule has 0 saturated carbocycles. The van der Waals surface area contributed by atoms with Crippen LogP contribution in [0.2, 0.25) is 5.02 Å². The SMILES string of the molecule is O=C(NCc1ccc(F)cc1F)c1cnc(N2CCN(C3CCN(Cc4ccc(F)cc4)CC3)CC2)c(Cl)c1.[HH]. The minimum absolute atomic E-state index is 0. The van der Waals surface area contributed by atoms with Gasteiger partial charge in [-0.2, -0.15) is 0 Å². The molecule has 1 aromatic heterocycles. The maximum Gasteiger partial charge on any atom is 0.253 e. The van der Waals surface area contributed by atoms with Gasteiger partial charge in [0.25, 0.3) is 5.91 Å². The quantitative estimate of drug-likeness (QED) is 0.436. The Hall–Kier alpha value is -3.14. The van der Waals surface area contributed by atoms with Crippen molar-refractivity contribution < 1.29 is 19.4 Å². The van der Waals surface area contributed by atoms with Gasteiger partial charge in [0.05, 0.1) is 10.6 Å². The minimum Gasteiger partial charge on any atom is -0.353 e. The molecule has 208 valence electrons. The van der Waals surface area contributed by atoms with Gasteiger partial charge in [-0.3, -0.25) is 14.6 Å². The molecule has 10 heteroatoms. The number of nitrogens with zero attached hydrogens (tertiary/aromatic N) is 4. The Labute approximate surface area is 232 Å². The molecule has 1 amide bonds. The van der Waals surface area contributed by atoms with Gasteiger partial charge in [-0.1, -0.05) is 29.8 Å². The zero-order valence-electron chi connectivity index (χ0n) is 21.6.